The number of nitrogens with one attached hydrogen (secondary N) is 2. The minimum Gasteiger partial charge on any atom is -0.490 e. The van der Waals surface area contributed by atoms with Gasteiger partial charge < -0.3 is 19.5 Å². The van der Waals surface area contributed by atoms with Crippen LogP contribution in [-0.2, 0) is 11.3 Å². The van der Waals surface area contributed by atoms with Gasteiger partial charge in [0.15, 0.2) is 16.6 Å². The molecule has 1 aliphatic heterocycles. The van der Waals surface area contributed by atoms with E-state index in [4.69, 9.17) is 26.4 Å². The quantitative estimate of drug-likeness (QED) is 0.323. The van der Waals surface area contributed by atoms with Crippen molar-refractivity contribution in [2.75, 3.05) is 46.0 Å². The molecule has 1 fully saturated rings. The van der Waals surface area contributed by atoms with Crippen LogP contribution in [0.1, 0.15) is 23.6 Å². The van der Waals surface area contributed by atoms with Crippen LogP contribution >= 0.6 is 12.2 Å². The van der Waals surface area contributed by atoms with Gasteiger partial charge in [0.2, 0.25) is 0 Å². The predicted octanol–water partition coefficient (Wildman–Crippen LogP) is 3.10. The van der Waals surface area contributed by atoms with Gasteiger partial charge in [-0.1, -0.05) is 29.8 Å². The fourth-order valence-corrected chi connectivity index (χ4v) is 3.35. The van der Waals surface area contributed by atoms with Crippen molar-refractivity contribution < 1.29 is 14.2 Å². The molecule has 1 heterocycles. The van der Waals surface area contributed by atoms with E-state index in [0.29, 0.717) is 29.8 Å². The Morgan fingerprint density at radius 3 is 2.66 bits per heavy atom. The van der Waals surface area contributed by atoms with Crippen LogP contribution in [0.4, 0.5) is 0 Å². The lowest BCUT2D eigenvalue weighted by molar-refractivity contribution is 0.0389. The monoisotopic (exact) mass is 456 g/mol. The molecule has 0 unspecified atom stereocenters. The van der Waals surface area contributed by atoms with Crippen LogP contribution in [0, 0.1) is 6.92 Å². The summed E-state index contributed by atoms with van der Waals surface area (Å²) in [5.41, 5.74) is 6.09. The summed E-state index contributed by atoms with van der Waals surface area (Å²) in [6, 6.07) is 14.0. The van der Waals surface area contributed by atoms with E-state index in [1.54, 1.807) is 6.21 Å². The van der Waals surface area contributed by atoms with Crippen LogP contribution in [-0.4, -0.2) is 62.2 Å². The Labute approximate surface area is 195 Å². The van der Waals surface area contributed by atoms with Crippen molar-refractivity contribution >= 4 is 23.5 Å². The van der Waals surface area contributed by atoms with Crippen molar-refractivity contribution in [1.82, 2.24) is 15.6 Å². The molecule has 1 aliphatic rings. The Kier molecular flexibility index (Phi) is 9.74. The molecular weight excluding hydrogens is 424 g/mol. The van der Waals surface area contributed by atoms with Crippen LogP contribution in [0.15, 0.2) is 47.6 Å². The van der Waals surface area contributed by atoms with Crippen molar-refractivity contribution in [1.29, 1.82) is 0 Å². The highest BCUT2D eigenvalue weighted by Gasteiger charge is 2.09. The van der Waals surface area contributed by atoms with Crippen LogP contribution in [0.3, 0.4) is 0 Å². The van der Waals surface area contributed by atoms with E-state index in [-0.39, 0.29) is 0 Å². The highest BCUT2D eigenvalue weighted by atomic mass is 32.1. The zero-order valence-corrected chi connectivity index (χ0v) is 19.6. The van der Waals surface area contributed by atoms with Gasteiger partial charge >= 0.3 is 0 Å². The second-order valence-corrected chi connectivity index (χ2v) is 7.90. The fourth-order valence-electron chi connectivity index (χ4n) is 3.20. The molecule has 0 spiro atoms. The van der Waals surface area contributed by atoms with E-state index >= 15 is 0 Å². The first kappa shape index (κ1) is 24.0. The van der Waals surface area contributed by atoms with E-state index in [2.05, 4.69) is 51.9 Å². The van der Waals surface area contributed by atoms with Gasteiger partial charge in [0, 0.05) is 26.2 Å². The third-order valence-electron chi connectivity index (χ3n) is 4.98. The van der Waals surface area contributed by atoms with Crippen LogP contribution in [0.25, 0.3) is 0 Å². The average Bonchev–Trinajstić information content (AvgIpc) is 2.80. The largest absolute Gasteiger partial charge is 0.490 e. The summed E-state index contributed by atoms with van der Waals surface area (Å²) in [6.07, 6.45) is 1.71. The van der Waals surface area contributed by atoms with Gasteiger partial charge in [0.1, 0.15) is 6.61 Å². The normalized spacial score (nSPS) is 14.3. The van der Waals surface area contributed by atoms with Gasteiger partial charge in [-0.2, -0.15) is 5.10 Å². The van der Waals surface area contributed by atoms with Gasteiger partial charge in [0.25, 0.3) is 0 Å². The number of morpholine rings is 1. The maximum atomic E-state index is 5.98. The summed E-state index contributed by atoms with van der Waals surface area (Å²) in [5.74, 6) is 1.40. The number of ether oxygens (including phenoxy) is 3. The lowest BCUT2D eigenvalue weighted by Gasteiger charge is -2.26. The Balaban J connectivity index is 1.47. The Morgan fingerprint density at radius 1 is 1.12 bits per heavy atom. The SMILES string of the molecule is CCOc1cc(/C=N/NC(=S)NCCN2CCOCC2)ccc1OCc1ccc(C)cc1. The van der Waals surface area contributed by atoms with Crippen LogP contribution in [0.5, 0.6) is 11.5 Å². The van der Waals surface area contributed by atoms with E-state index in [1.165, 1.54) is 5.56 Å². The maximum Gasteiger partial charge on any atom is 0.187 e. The highest BCUT2D eigenvalue weighted by Crippen LogP contribution is 2.29. The molecule has 172 valence electrons. The second kappa shape index (κ2) is 13.0. The summed E-state index contributed by atoms with van der Waals surface area (Å²) in [6.45, 7) is 10.3. The molecule has 0 radical (unpaired) electrons. The first-order valence-corrected chi connectivity index (χ1v) is 11.4. The zero-order chi connectivity index (χ0) is 22.6. The first-order chi connectivity index (χ1) is 15.6. The standard InChI is InChI=1S/C24H32N4O3S/c1-3-30-23-16-21(8-9-22(23)31-18-20-6-4-19(2)5-7-20)17-26-27-24(32)25-10-11-28-12-14-29-15-13-28/h4-9,16-17H,3,10-15,18H2,1-2H3,(H2,25,27,32)/b26-17+. The van der Waals surface area contributed by atoms with Crippen LogP contribution < -0.4 is 20.2 Å². The molecule has 0 atom stereocenters. The van der Waals surface area contributed by atoms with Gasteiger partial charge in [-0.25, -0.2) is 0 Å². The molecule has 7 nitrogen and oxygen atoms in total. The van der Waals surface area contributed by atoms with E-state index < -0.39 is 0 Å². The molecule has 8 heteroatoms. The Hall–Kier alpha value is -2.68. The van der Waals surface area contributed by atoms with Gasteiger partial charge in [-0.3, -0.25) is 10.3 Å². The van der Waals surface area contributed by atoms with Crippen molar-refractivity contribution in [3.8, 4) is 11.5 Å². The molecule has 1 saturated heterocycles. The Morgan fingerprint density at radius 2 is 1.91 bits per heavy atom. The fraction of sp³-hybridized carbons (Fsp3) is 0.417. The molecule has 2 N–H and O–H groups in total. The van der Waals surface area contributed by atoms with Crippen molar-refractivity contribution in [3.05, 3.63) is 59.2 Å². The molecule has 0 bridgehead atoms. The summed E-state index contributed by atoms with van der Waals surface area (Å²) < 4.78 is 17.1. The third kappa shape index (κ3) is 8.11. The maximum absolute atomic E-state index is 5.98. The van der Waals surface area contributed by atoms with Crippen LogP contribution in [0.2, 0.25) is 0 Å². The molecule has 3 rings (SSSR count). The van der Waals surface area contributed by atoms with E-state index in [0.717, 1.165) is 50.5 Å². The van der Waals surface area contributed by atoms with E-state index in [1.807, 2.05) is 25.1 Å². The lowest BCUT2D eigenvalue weighted by Crippen LogP contribution is -2.42. The zero-order valence-electron chi connectivity index (χ0n) is 18.8. The van der Waals surface area contributed by atoms with Gasteiger partial charge in [0.05, 0.1) is 26.0 Å². The number of benzene rings is 2. The van der Waals surface area contributed by atoms with Gasteiger partial charge in [-0.05, 0) is 55.4 Å². The molecule has 2 aromatic carbocycles. The number of aryl methyl sites for hydroxylation is 1. The molecule has 0 aromatic heterocycles. The predicted molar refractivity (Wildman–Crippen MR) is 132 cm³/mol. The molecule has 32 heavy (non-hydrogen) atoms. The minimum absolute atomic E-state index is 0.486. The van der Waals surface area contributed by atoms with E-state index in [9.17, 15) is 0 Å². The average molecular weight is 457 g/mol. The molecule has 0 aliphatic carbocycles. The minimum atomic E-state index is 0.486. The second-order valence-electron chi connectivity index (χ2n) is 7.49. The van der Waals surface area contributed by atoms with Crippen molar-refractivity contribution in [2.24, 2.45) is 5.10 Å². The highest BCUT2D eigenvalue weighted by molar-refractivity contribution is 7.80. The number of hydrazone groups is 1. The summed E-state index contributed by atoms with van der Waals surface area (Å²) in [4.78, 5) is 2.35. The molecule has 0 amide bonds. The summed E-state index contributed by atoms with van der Waals surface area (Å²) >= 11 is 5.29. The first-order valence-electron chi connectivity index (χ1n) is 11.0. The summed E-state index contributed by atoms with van der Waals surface area (Å²) in [5, 5.41) is 7.90. The van der Waals surface area contributed by atoms with Crippen molar-refractivity contribution in [3.63, 3.8) is 0 Å². The number of hydrogen-bond donors (Lipinski definition) is 2. The number of hydrogen-bond acceptors (Lipinski definition) is 6. The molecule has 0 saturated carbocycles. The van der Waals surface area contributed by atoms with Crippen molar-refractivity contribution in [2.45, 2.75) is 20.5 Å². The summed E-state index contributed by atoms with van der Waals surface area (Å²) in [7, 11) is 0. The molecule has 2 aromatic rings. The number of thiocarbonyl (C=S) groups is 1. The van der Waals surface area contributed by atoms with Gasteiger partial charge in [-0.15, -0.1) is 0 Å². The number of rotatable bonds is 10. The Bertz CT molecular complexity index is 883. The molecular formula is C24H32N4O3S. The third-order valence-corrected chi connectivity index (χ3v) is 5.22. The topological polar surface area (TPSA) is 67.4 Å². The number of nitrogens with zero attached hydrogens (tertiary/aromatic N) is 2. The lowest BCUT2D eigenvalue weighted by atomic mass is 10.2. The smallest absolute Gasteiger partial charge is 0.187 e.